The number of hydrogen-bond acceptors (Lipinski definition) is 3. The van der Waals surface area contributed by atoms with E-state index in [0.29, 0.717) is 24.4 Å². The number of amides is 1. The fraction of sp³-hybridized carbons (Fsp3) is 0.0769. The molecule has 9 heteroatoms. The summed E-state index contributed by atoms with van der Waals surface area (Å²) in [6.07, 6.45) is -3.47. The van der Waals surface area contributed by atoms with Crippen molar-refractivity contribution in [3.63, 3.8) is 0 Å². The van der Waals surface area contributed by atoms with Gasteiger partial charge in [0.25, 0.3) is 0 Å². The fourth-order valence-corrected chi connectivity index (χ4v) is 1.93. The average Bonchev–Trinajstić information content (AvgIpc) is 2.43. The molecule has 0 aliphatic heterocycles. The summed E-state index contributed by atoms with van der Waals surface area (Å²) >= 11 is 11.7. The summed E-state index contributed by atoms with van der Waals surface area (Å²) < 4.78 is 42.8. The van der Waals surface area contributed by atoms with E-state index in [4.69, 9.17) is 27.9 Å². The molecule has 0 spiro atoms. The van der Waals surface area contributed by atoms with Crippen molar-refractivity contribution >= 4 is 35.3 Å². The van der Waals surface area contributed by atoms with Crippen LogP contribution >= 0.6 is 23.2 Å². The first kappa shape index (κ1) is 16.4. The summed E-state index contributed by atoms with van der Waals surface area (Å²) in [5, 5.41) is 2.21. The first-order valence-electron chi connectivity index (χ1n) is 5.71. The van der Waals surface area contributed by atoms with Crippen LogP contribution in [0.25, 0.3) is 0 Å². The second kappa shape index (κ2) is 6.41. The van der Waals surface area contributed by atoms with Crippen LogP contribution in [0.4, 0.5) is 18.9 Å². The lowest BCUT2D eigenvalue weighted by Gasteiger charge is -2.11. The van der Waals surface area contributed by atoms with E-state index in [9.17, 15) is 18.0 Å². The largest absolute Gasteiger partial charge is 0.436 e. The number of anilines is 1. The highest BCUT2D eigenvalue weighted by atomic mass is 35.5. The van der Waals surface area contributed by atoms with E-state index < -0.39 is 11.7 Å². The third-order valence-electron chi connectivity index (χ3n) is 2.50. The third-order valence-corrected chi connectivity index (χ3v) is 3.07. The zero-order valence-corrected chi connectivity index (χ0v) is 12.1. The van der Waals surface area contributed by atoms with Gasteiger partial charge in [-0.2, -0.15) is 13.2 Å². The first-order chi connectivity index (χ1) is 10.3. The molecule has 0 aliphatic carbocycles. The second-order valence-corrected chi connectivity index (χ2v) is 4.83. The van der Waals surface area contributed by atoms with Crippen molar-refractivity contribution in [2.75, 3.05) is 5.32 Å². The number of pyridine rings is 1. The van der Waals surface area contributed by atoms with Gasteiger partial charge in [-0.1, -0.05) is 23.2 Å². The molecule has 1 heterocycles. The van der Waals surface area contributed by atoms with Gasteiger partial charge in [0.15, 0.2) is 0 Å². The van der Waals surface area contributed by atoms with Crippen LogP contribution in [-0.4, -0.2) is 11.4 Å². The number of carbonyl (C=O) groups excluding carboxylic acids is 1. The van der Waals surface area contributed by atoms with Gasteiger partial charge >= 0.3 is 6.18 Å². The van der Waals surface area contributed by atoms with Crippen molar-refractivity contribution in [3.05, 3.63) is 46.1 Å². The van der Waals surface area contributed by atoms with Crippen molar-refractivity contribution in [1.29, 1.82) is 0 Å². The van der Waals surface area contributed by atoms with Crippen LogP contribution in [0.3, 0.4) is 0 Å². The monoisotopic (exact) mass is 350 g/mol. The van der Waals surface area contributed by atoms with E-state index >= 15 is 0 Å². The Hall–Kier alpha value is -1.99. The van der Waals surface area contributed by atoms with E-state index in [-0.39, 0.29) is 21.7 Å². The number of aromatic nitrogens is 1. The van der Waals surface area contributed by atoms with Crippen molar-refractivity contribution in [2.45, 2.75) is 6.18 Å². The number of rotatable bonds is 4. The summed E-state index contributed by atoms with van der Waals surface area (Å²) in [5.74, 6) is -0.0834. The zero-order valence-electron chi connectivity index (χ0n) is 10.6. The summed E-state index contributed by atoms with van der Waals surface area (Å²) in [7, 11) is 0. The molecule has 0 bridgehead atoms. The summed E-state index contributed by atoms with van der Waals surface area (Å²) in [6, 6.07) is 5.03. The highest BCUT2D eigenvalue weighted by molar-refractivity contribution is 6.33. The Morgan fingerprint density at radius 2 is 1.91 bits per heavy atom. The van der Waals surface area contributed by atoms with E-state index in [0.717, 1.165) is 0 Å². The lowest BCUT2D eigenvalue weighted by Crippen LogP contribution is -2.05. The van der Waals surface area contributed by atoms with Gasteiger partial charge in [-0.15, -0.1) is 0 Å². The smallest absolute Gasteiger partial charge is 0.417 e. The molecule has 2 aromatic rings. The van der Waals surface area contributed by atoms with Crippen molar-refractivity contribution in [1.82, 2.24) is 4.98 Å². The SMILES string of the molecule is O=CNc1ccc(Oc2ncc(C(F)(F)F)cc2Cl)c(Cl)c1. The molecule has 0 fully saturated rings. The molecule has 2 rings (SSSR count). The number of hydrogen-bond donors (Lipinski definition) is 1. The average molecular weight is 351 g/mol. The summed E-state index contributed by atoms with van der Waals surface area (Å²) in [6.45, 7) is 0. The normalized spacial score (nSPS) is 11.1. The van der Waals surface area contributed by atoms with Gasteiger partial charge in [-0.3, -0.25) is 4.79 Å². The van der Waals surface area contributed by atoms with Crippen molar-refractivity contribution in [2.24, 2.45) is 0 Å². The molecule has 1 aromatic carbocycles. The van der Waals surface area contributed by atoms with Gasteiger partial charge in [0.2, 0.25) is 12.3 Å². The summed E-state index contributed by atoms with van der Waals surface area (Å²) in [5.41, 5.74) is -0.555. The first-order valence-corrected chi connectivity index (χ1v) is 6.47. The molecule has 116 valence electrons. The molecule has 0 unspecified atom stereocenters. The number of nitrogens with zero attached hydrogens (tertiary/aromatic N) is 1. The second-order valence-electron chi connectivity index (χ2n) is 4.02. The van der Waals surface area contributed by atoms with Crippen LogP contribution in [0.2, 0.25) is 10.0 Å². The van der Waals surface area contributed by atoms with Gasteiger partial charge < -0.3 is 10.1 Å². The Balaban J connectivity index is 2.26. The van der Waals surface area contributed by atoms with Crippen LogP contribution in [0.1, 0.15) is 5.56 Å². The van der Waals surface area contributed by atoms with Crippen LogP contribution in [0.5, 0.6) is 11.6 Å². The molecule has 0 saturated heterocycles. The number of alkyl halides is 3. The molecular weight excluding hydrogens is 344 g/mol. The maximum atomic E-state index is 12.5. The molecule has 0 aliphatic rings. The molecule has 1 aromatic heterocycles. The number of ether oxygens (including phenoxy) is 1. The minimum Gasteiger partial charge on any atom is -0.436 e. The predicted molar refractivity (Wildman–Crippen MR) is 75.5 cm³/mol. The van der Waals surface area contributed by atoms with E-state index in [1.807, 2.05) is 0 Å². The Bertz CT molecular complexity index is 708. The number of benzene rings is 1. The Morgan fingerprint density at radius 3 is 2.45 bits per heavy atom. The van der Waals surface area contributed by atoms with E-state index in [1.54, 1.807) is 0 Å². The van der Waals surface area contributed by atoms with Crippen LogP contribution in [-0.2, 0) is 11.0 Å². The molecule has 0 atom stereocenters. The Morgan fingerprint density at radius 1 is 1.18 bits per heavy atom. The molecular formula is C13H7Cl2F3N2O2. The number of nitrogens with one attached hydrogen (secondary N) is 1. The zero-order chi connectivity index (χ0) is 16.3. The molecule has 22 heavy (non-hydrogen) atoms. The lowest BCUT2D eigenvalue weighted by molar-refractivity contribution is -0.137. The molecule has 0 radical (unpaired) electrons. The molecule has 0 saturated carbocycles. The maximum Gasteiger partial charge on any atom is 0.417 e. The van der Waals surface area contributed by atoms with Gasteiger partial charge in [0.05, 0.1) is 10.6 Å². The van der Waals surface area contributed by atoms with Gasteiger partial charge in [0, 0.05) is 11.9 Å². The predicted octanol–water partition coefficient (Wildman–Crippen LogP) is 4.77. The number of halogens is 5. The minimum atomic E-state index is -4.55. The quantitative estimate of drug-likeness (QED) is 0.808. The van der Waals surface area contributed by atoms with Gasteiger partial charge in [-0.25, -0.2) is 4.98 Å². The third kappa shape index (κ3) is 3.80. The lowest BCUT2D eigenvalue weighted by atomic mass is 10.3. The van der Waals surface area contributed by atoms with Crippen molar-refractivity contribution < 1.29 is 22.7 Å². The van der Waals surface area contributed by atoms with Gasteiger partial charge in [-0.05, 0) is 24.3 Å². The Labute approximate surface area is 132 Å². The standard InChI is InChI=1S/C13H7Cl2F3N2O2/c14-9-4-8(20-6-21)1-2-11(9)22-12-10(15)3-7(5-19-12)13(16,17)18/h1-6H,(H,20,21). The molecule has 1 N–H and O–H groups in total. The number of carbonyl (C=O) groups is 1. The summed E-state index contributed by atoms with van der Waals surface area (Å²) in [4.78, 5) is 13.8. The topological polar surface area (TPSA) is 51.2 Å². The molecule has 1 amide bonds. The molecule has 4 nitrogen and oxygen atoms in total. The highest BCUT2D eigenvalue weighted by Crippen LogP contribution is 2.36. The van der Waals surface area contributed by atoms with E-state index in [1.165, 1.54) is 18.2 Å². The Kier molecular flexibility index (Phi) is 4.77. The van der Waals surface area contributed by atoms with Crippen LogP contribution in [0, 0.1) is 0 Å². The van der Waals surface area contributed by atoms with E-state index in [2.05, 4.69) is 10.3 Å². The maximum absolute atomic E-state index is 12.5. The fourth-order valence-electron chi connectivity index (χ4n) is 1.50. The highest BCUT2D eigenvalue weighted by Gasteiger charge is 2.31. The van der Waals surface area contributed by atoms with Crippen LogP contribution in [0.15, 0.2) is 30.5 Å². The minimum absolute atomic E-state index is 0.129. The van der Waals surface area contributed by atoms with Crippen molar-refractivity contribution in [3.8, 4) is 11.6 Å². The van der Waals surface area contributed by atoms with Gasteiger partial charge in [0.1, 0.15) is 10.8 Å². The van der Waals surface area contributed by atoms with Crippen LogP contribution < -0.4 is 10.1 Å².